The Balaban J connectivity index is 3.34. The van der Waals surface area contributed by atoms with Gasteiger partial charge in [0.05, 0.1) is 4.92 Å². The summed E-state index contributed by atoms with van der Waals surface area (Å²) >= 11 is 0. The standard InChI is InChI=1S/C12H14N2O5S/c1-13(2)8-11(20(3,18)19)12(15)9-5-4-6-10(7-9)14(16)17/h4-8H,1-3H3/b11-8+. The Labute approximate surface area is 116 Å². The first-order chi connectivity index (χ1) is 9.12. The van der Waals surface area contributed by atoms with E-state index in [1.165, 1.54) is 29.3 Å². The topological polar surface area (TPSA) is 97.6 Å². The number of Topliss-reactive ketones (excluding diaryl/α,β-unsaturated/α-hetero) is 1. The number of hydrogen-bond acceptors (Lipinski definition) is 6. The Morgan fingerprint density at radius 3 is 2.40 bits per heavy atom. The first-order valence-corrected chi connectivity index (χ1v) is 7.39. The van der Waals surface area contributed by atoms with E-state index < -0.39 is 25.4 Å². The van der Waals surface area contributed by atoms with Gasteiger partial charge < -0.3 is 4.90 Å². The van der Waals surface area contributed by atoms with E-state index in [2.05, 4.69) is 0 Å². The fourth-order valence-corrected chi connectivity index (χ4v) is 2.32. The van der Waals surface area contributed by atoms with Crippen LogP contribution in [0.4, 0.5) is 5.69 Å². The van der Waals surface area contributed by atoms with Gasteiger partial charge in [-0.2, -0.15) is 0 Å². The van der Waals surface area contributed by atoms with E-state index in [1.54, 1.807) is 14.1 Å². The zero-order valence-corrected chi connectivity index (χ0v) is 12.0. The maximum Gasteiger partial charge on any atom is 0.270 e. The quantitative estimate of drug-likeness (QED) is 0.351. The minimum atomic E-state index is -3.74. The average Bonchev–Trinajstić information content (AvgIpc) is 2.33. The summed E-state index contributed by atoms with van der Waals surface area (Å²) in [5.41, 5.74) is -0.314. The summed E-state index contributed by atoms with van der Waals surface area (Å²) in [5, 5.41) is 10.7. The van der Waals surface area contributed by atoms with Crippen molar-refractivity contribution in [3.63, 3.8) is 0 Å². The van der Waals surface area contributed by atoms with E-state index in [0.29, 0.717) is 0 Å². The summed E-state index contributed by atoms with van der Waals surface area (Å²) in [6, 6.07) is 4.95. The van der Waals surface area contributed by atoms with Crippen molar-refractivity contribution in [2.75, 3.05) is 20.4 Å². The van der Waals surface area contributed by atoms with E-state index >= 15 is 0 Å². The fourth-order valence-electron chi connectivity index (χ4n) is 1.46. The number of rotatable bonds is 5. The van der Waals surface area contributed by atoms with Crippen molar-refractivity contribution >= 4 is 21.3 Å². The predicted molar refractivity (Wildman–Crippen MR) is 74.0 cm³/mol. The van der Waals surface area contributed by atoms with Crippen LogP contribution in [-0.2, 0) is 9.84 Å². The third-order valence-corrected chi connectivity index (χ3v) is 3.41. The molecule has 0 unspecified atom stereocenters. The Bertz CT molecular complexity index is 677. The van der Waals surface area contributed by atoms with Gasteiger partial charge in [0.25, 0.3) is 5.69 Å². The summed E-state index contributed by atoms with van der Waals surface area (Å²) in [7, 11) is -0.590. The highest BCUT2D eigenvalue weighted by molar-refractivity contribution is 7.95. The van der Waals surface area contributed by atoms with Gasteiger partial charge in [-0.1, -0.05) is 12.1 Å². The summed E-state index contributed by atoms with van der Waals surface area (Å²) in [6.45, 7) is 0. The smallest absolute Gasteiger partial charge is 0.270 e. The monoisotopic (exact) mass is 298 g/mol. The van der Waals surface area contributed by atoms with E-state index in [0.717, 1.165) is 12.3 Å². The zero-order valence-electron chi connectivity index (χ0n) is 11.2. The molecule has 1 aromatic rings. The average molecular weight is 298 g/mol. The number of sulfone groups is 1. The number of nitrogens with zero attached hydrogens (tertiary/aromatic N) is 2. The lowest BCUT2D eigenvalue weighted by atomic mass is 10.1. The van der Waals surface area contributed by atoms with Gasteiger partial charge in [-0.25, -0.2) is 8.42 Å². The highest BCUT2D eigenvalue weighted by Crippen LogP contribution is 2.18. The maximum atomic E-state index is 12.2. The highest BCUT2D eigenvalue weighted by Gasteiger charge is 2.23. The van der Waals surface area contributed by atoms with Crippen molar-refractivity contribution in [2.24, 2.45) is 0 Å². The third kappa shape index (κ3) is 3.89. The predicted octanol–water partition coefficient (Wildman–Crippen LogP) is 1.23. The molecule has 0 fully saturated rings. The molecule has 1 rings (SSSR count). The lowest BCUT2D eigenvalue weighted by molar-refractivity contribution is -0.384. The first-order valence-electron chi connectivity index (χ1n) is 5.50. The molecule has 0 amide bonds. The number of non-ortho nitro benzene ring substituents is 1. The minimum Gasteiger partial charge on any atom is -0.382 e. The Hall–Kier alpha value is -2.22. The van der Waals surface area contributed by atoms with Crippen LogP contribution in [0.3, 0.4) is 0 Å². The molecule has 0 aliphatic carbocycles. The molecule has 0 spiro atoms. The zero-order chi connectivity index (χ0) is 15.5. The number of benzene rings is 1. The molecule has 0 aliphatic heterocycles. The van der Waals surface area contributed by atoms with E-state index in [4.69, 9.17) is 0 Å². The van der Waals surface area contributed by atoms with Gasteiger partial charge in [-0.05, 0) is 0 Å². The summed E-state index contributed by atoms with van der Waals surface area (Å²) < 4.78 is 23.3. The molecule has 20 heavy (non-hydrogen) atoms. The van der Waals surface area contributed by atoms with E-state index in [1.807, 2.05) is 0 Å². The summed E-state index contributed by atoms with van der Waals surface area (Å²) in [5.74, 6) is -0.773. The normalized spacial score (nSPS) is 12.1. The van der Waals surface area contributed by atoms with Gasteiger partial charge in [-0.15, -0.1) is 0 Å². The SMILES string of the molecule is CN(C)/C=C(\C(=O)c1cccc([N+](=O)[O-])c1)S(C)(=O)=O. The molecule has 8 heteroatoms. The lowest BCUT2D eigenvalue weighted by Crippen LogP contribution is -2.16. The minimum absolute atomic E-state index is 0.0438. The molecule has 0 heterocycles. The number of carbonyl (C=O) groups is 1. The van der Waals surface area contributed by atoms with Crippen LogP contribution in [0.2, 0.25) is 0 Å². The van der Waals surface area contributed by atoms with E-state index in [-0.39, 0.29) is 11.3 Å². The summed E-state index contributed by atoms with van der Waals surface area (Å²) in [4.78, 5) is 23.2. The molecule has 0 saturated heterocycles. The van der Waals surface area contributed by atoms with Gasteiger partial charge in [-0.3, -0.25) is 14.9 Å². The van der Waals surface area contributed by atoms with Crippen molar-refractivity contribution < 1.29 is 18.1 Å². The van der Waals surface area contributed by atoms with Gasteiger partial charge in [0, 0.05) is 44.2 Å². The largest absolute Gasteiger partial charge is 0.382 e. The van der Waals surface area contributed by atoms with Gasteiger partial charge in [0.1, 0.15) is 4.91 Å². The molecule has 108 valence electrons. The second-order valence-electron chi connectivity index (χ2n) is 4.37. The molecule has 0 N–H and O–H groups in total. The van der Waals surface area contributed by atoms with Crippen LogP contribution >= 0.6 is 0 Å². The van der Waals surface area contributed by atoms with Crippen molar-refractivity contribution in [1.82, 2.24) is 4.90 Å². The van der Waals surface area contributed by atoms with E-state index in [9.17, 15) is 23.3 Å². The number of nitro benzene ring substituents is 1. The second-order valence-corrected chi connectivity index (χ2v) is 6.35. The molecular formula is C12H14N2O5S. The fraction of sp³-hybridized carbons (Fsp3) is 0.250. The molecule has 0 aliphatic rings. The number of nitro groups is 1. The van der Waals surface area contributed by atoms with Gasteiger partial charge >= 0.3 is 0 Å². The first kappa shape index (κ1) is 15.8. The molecule has 0 saturated carbocycles. The van der Waals surface area contributed by atoms with Crippen molar-refractivity contribution in [1.29, 1.82) is 0 Å². The highest BCUT2D eigenvalue weighted by atomic mass is 32.2. The molecular weight excluding hydrogens is 284 g/mol. The van der Waals surface area contributed by atoms with Crippen LogP contribution in [0.25, 0.3) is 0 Å². The molecule has 7 nitrogen and oxygen atoms in total. The van der Waals surface area contributed by atoms with Crippen LogP contribution in [0, 0.1) is 10.1 Å². The number of allylic oxidation sites excluding steroid dienone is 1. The number of hydrogen-bond donors (Lipinski definition) is 0. The third-order valence-electron chi connectivity index (χ3n) is 2.32. The Morgan fingerprint density at radius 1 is 1.35 bits per heavy atom. The van der Waals surface area contributed by atoms with Crippen molar-refractivity contribution in [3.8, 4) is 0 Å². The van der Waals surface area contributed by atoms with Gasteiger partial charge in [0.15, 0.2) is 9.84 Å². The Morgan fingerprint density at radius 2 is 1.95 bits per heavy atom. The van der Waals surface area contributed by atoms with Crippen LogP contribution in [0.1, 0.15) is 10.4 Å². The molecule has 1 aromatic carbocycles. The van der Waals surface area contributed by atoms with Crippen molar-refractivity contribution in [2.45, 2.75) is 0 Å². The van der Waals surface area contributed by atoms with Crippen LogP contribution < -0.4 is 0 Å². The van der Waals surface area contributed by atoms with Crippen LogP contribution in [0.15, 0.2) is 35.4 Å². The Kier molecular flexibility index (Phi) is 4.61. The van der Waals surface area contributed by atoms with Crippen molar-refractivity contribution in [3.05, 3.63) is 51.0 Å². The second kappa shape index (κ2) is 5.83. The number of ketones is 1. The van der Waals surface area contributed by atoms with Crippen LogP contribution in [-0.4, -0.2) is 44.4 Å². The maximum absolute atomic E-state index is 12.2. The van der Waals surface area contributed by atoms with Gasteiger partial charge in [0.2, 0.25) is 5.78 Å². The molecule has 0 atom stereocenters. The summed E-state index contributed by atoms with van der Waals surface area (Å²) in [6.07, 6.45) is 2.09. The molecule has 0 bridgehead atoms. The number of carbonyl (C=O) groups excluding carboxylic acids is 1. The molecule has 0 aromatic heterocycles. The lowest BCUT2D eigenvalue weighted by Gasteiger charge is -2.09. The molecule has 0 radical (unpaired) electrons. The van der Waals surface area contributed by atoms with Crippen LogP contribution in [0.5, 0.6) is 0 Å².